The number of anilines is 1. The summed E-state index contributed by atoms with van der Waals surface area (Å²) in [5, 5.41) is 17.4. The normalized spacial score (nSPS) is 28.5. The molecule has 7 heterocycles. The van der Waals surface area contributed by atoms with E-state index in [0.717, 1.165) is 52.0 Å². The van der Waals surface area contributed by atoms with Gasteiger partial charge in [0.15, 0.2) is 5.82 Å². The summed E-state index contributed by atoms with van der Waals surface area (Å²) < 4.78 is 76.1. The molecule has 0 amide bonds. The predicted molar refractivity (Wildman–Crippen MR) is 202 cm³/mol. The fourth-order valence-corrected chi connectivity index (χ4v) is 11.0. The van der Waals surface area contributed by atoms with Crippen molar-refractivity contribution in [3.05, 3.63) is 47.7 Å². The first-order chi connectivity index (χ1) is 27.0. The van der Waals surface area contributed by atoms with Gasteiger partial charge in [-0.15, -0.1) is 6.42 Å². The third-order valence-electron chi connectivity index (χ3n) is 13.8. The number of ether oxygens (including phenoxy) is 2. The van der Waals surface area contributed by atoms with Crippen molar-refractivity contribution in [2.45, 2.75) is 62.1 Å². The molecule has 1 spiro atoms. The SMILES string of the molecule is C#Cc1c(F)ccc2cc(O)cc(-c3c(F)c4nc(OC[C@@]56CCCN5C[C@@]5(CC5(F)F)C6)nc(N5CC6CCC(C5)N6CC5COC5)c4c4cn(C)nc34)c12. The molecule has 6 aliphatic rings. The summed E-state index contributed by atoms with van der Waals surface area (Å²) in [6, 6.07) is 6.07. The molecule has 14 heteroatoms. The van der Waals surface area contributed by atoms with Crippen molar-refractivity contribution >= 4 is 38.4 Å². The minimum Gasteiger partial charge on any atom is -0.508 e. The first-order valence-electron chi connectivity index (χ1n) is 19.6. The molecule has 3 aromatic carbocycles. The first kappa shape index (κ1) is 34.5. The Labute approximate surface area is 320 Å². The molecule has 2 unspecified atom stereocenters. The van der Waals surface area contributed by atoms with Gasteiger partial charge >= 0.3 is 6.01 Å². The fourth-order valence-electron chi connectivity index (χ4n) is 11.0. The zero-order chi connectivity index (χ0) is 38.3. The maximum absolute atomic E-state index is 17.8. The zero-order valence-electron chi connectivity index (χ0n) is 31.0. The third-order valence-corrected chi connectivity index (χ3v) is 13.8. The van der Waals surface area contributed by atoms with Crippen LogP contribution in [-0.4, -0.2) is 111 Å². The topological polar surface area (TPSA) is 92.0 Å². The van der Waals surface area contributed by atoms with Crippen molar-refractivity contribution < 1.29 is 32.1 Å². The standard InChI is InChI=1S/C42H41F4N7O3/c1-3-28-31(43)8-5-24-11-27(54)12-29(32(24)28)33-35(44)37-34(30-16-50(2)49-36(30)33)38(51-14-25-6-7-26(15-51)53(25)13-23-17-55-18-23)48-39(47-37)56-22-41-9-4-10-52(41)21-40(19-41)20-42(40,45)46/h1,5,8,11-12,16,23,25-26,54H,4,6-7,9-10,13-15,17-22H2,2H3/t25?,26?,40-,41-/m0/s1. The summed E-state index contributed by atoms with van der Waals surface area (Å²) in [6.45, 7) is 5.02. The molecule has 2 aromatic heterocycles. The lowest BCUT2D eigenvalue weighted by Gasteiger charge is -2.44. The van der Waals surface area contributed by atoms with Crippen LogP contribution in [0.3, 0.4) is 0 Å². The number of piperazine rings is 1. The number of hydrogen-bond acceptors (Lipinski definition) is 9. The number of aromatic nitrogens is 4. The van der Waals surface area contributed by atoms with E-state index in [0.29, 0.717) is 53.9 Å². The Balaban J connectivity index is 1.09. The molecule has 1 N–H and O–H groups in total. The smallest absolute Gasteiger partial charge is 0.319 e. The number of rotatable bonds is 7. The predicted octanol–water partition coefficient (Wildman–Crippen LogP) is 6.24. The number of terminal acetylenes is 1. The molecule has 1 aliphatic carbocycles. The summed E-state index contributed by atoms with van der Waals surface area (Å²) in [6.07, 6.45) is 11.5. The molecular weight excluding hydrogens is 726 g/mol. The molecule has 290 valence electrons. The number of alkyl halides is 2. The Kier molecular flexibility index (Phi) is 7.34. The summed E-state index contributed by atoms with van der Waals surface area (Å²) >= 11 is 0. The highest BCUT2D eigenvalue weighted by Gasteiger charge is 2.77. The number of aromatic hydroxyl groups is 1. The molecule has 5 aliphatic heterocycles. The van der Waals surface area contributed by atoms with Crippen LogP contribution in [0.15, 0.2) is 30.5 Å². The average Bonchev–Trinajstić information content (AvgIpc) is 3.60. The molecule has 5 saturated heterocycles. The van der Waals surface area contributed by atoms with E-state index in [-0.39, 0.29) is 70.0 Å². The van der Waals surface area contributed by atoms with Crippen LogP contribution in [0, 0.1) is 35.3 Å². The van der Waals surface area contributed by atoms with Gasteiger partial charge in [-0.25, -0.2) is 17.6 Å². The van der Waals surface area contributed by atoms with Gasteiger partial charge in [-0.05, 0) is 67.8 Å². The number of halogens is 4. The summed E-state index contributed by atoms with van der Waals surface area (Å²) in [4.78, 5) is 16.8. The van der Waals surface area contributed by atoms with Crippen LogP contribution < -0.4 is 9.64 Å². The summed E-state index contributed by atoms with van der Waals surface area (Å²) in [7, 11) is 1.74. The van der Waals surface area contributed by atoms with Gasteiger partial charge in [0.2, 0.25) is 0 Å². The van der Waals surface area contributed by atoms with Crippen LogP contribution in [0.4, 0.5) is 23.4 Å². The van der Waals surface area contributed by atoms with Crippen molar-refractivity contribution in [3.8, 4) is 35.2 Å². The van der Waals surface area contributed by atoms with Crippen LogP contribution in [0.2, 0.25) is 0 Å². The van der Waals surface area contributed by atoms with Crippen molar-refractivity contribution in [3.63, 3.8) is 0 Å². The van der Waals surface area contributed by atoms with Gasteiger partial charge in [-0.3, -0.25) is 14.5 Å². The largest absolute Gasteiger partial charge is 0.508 e. The molecule has 1 saturated carbocycles. The molecule has 2 bridgehead atoms. The van der Waals surface area contributed by atoms with E-state index in [2.05, 4.69) is 20.6 Å². The quantitative estimate of drug-likeness (QED) is 0.153. The van der Waals surface area contributed by atoms with E-state index >= 15 is 8.78 Å². The lowest BCUT2D eigenvalue weighted by Crippen LogP contribution is -2.56. The highest BCUT2D eigenvalue weighted by Crippen LogP contribution is 2.69. The van der Waals surface area contributed by atoms with E-state index in [9.17, 15) is 13.9 Å². The zero-order valence-corrected chi connectivity index (χ0v) is 31.0. The molecule has 6 fully saturated rings. The van der Waals surface area contributed by atoms with E-state index in [4.69, 9.17) is 31.0 Å². The Bertz CT molecular complexity index is 2520. The minimum atomic E-state index is -2.68. The fraction of sp³-hybridized carbons (Fsp3) is 0.500. The van der Waals surface area contributed by atoms with Gasteiger partial charge < -0.3 is 19.5 Å². The van der Waals surface area contributed by atoms with Crippen LogP contribution >= 0.6 is 0 Å². The number of hydrogen-bond donors (Lipinski definition) is 1. The Morgan fingerprint density at radius 3 is 2.55 bits per heavy atom. The second-order valence-corrected chi connectivity index (χ2v) is 17.2. The van der Waals surface area contributed by atoms with E-state index in [1.54, 1.807) is 17.9 Å². The minimum absolute atomic E-state index is 0.00793. The monoisotopic (exact) mass is 767 g/mol. The van der Waals surface area contributed by atoms with Crippen LogP contribution in [-0.2, 0) is 11.8 Å². The Morgan fingerprint density at radius 1 is 1.05 bits per heavy atom. The molecule has 56 heavy (non-hydrogen) atoms. The number of fused-ring (bicyclic) bond motifs is 7. The van der Waals surface area contributed by atoms with Gasteiger partial charge in [0.25, 0.3) is 5.92 Å². The van der Waals surface area contributed by atoms with Gasteiger partial charge in [-0.1, -0.05) is 12.0 Å². The second-order valence-electron chi connectivity index (χ2n) is 17.2. The third kappa shape index (κ3) is 4.96. The maximum atomic E-state index is 17.8. The molecule has 0 radical (unpaired) electrons. The number of phenols is 1. The second kappa shape index (κ2) is 11.9. The van der Waals surface area contributed by atoms with Crippen LogP contribution in [0.25, 0.3) is 43.7 Å². The van der Waals surface area contributed by atoms with Gasteiger partial charge in [-0.2, -0.15) is 15.1 Å². The number of benzene rings is 3. The van der Waals surface area contributed by atoms with Gasteiger partial charge in [0.1, 0.15) is 35.0 Å². The van der Waals surface area contributed by atoms with Crippen molar-refractivity contribution in [2.24, 2.45) is 18.4 Å². The molecule has 10 nitrogen and oxygen atoms in total. The number of phenolic OH excluding ortho intramolecular Hbond substituents is 1. The highest BCUT2D eigenvalue weighted by atomic mass is 19.3. The Morgan fingerprint density at radius 2 is 1.84 bits per heavy atom. The van der Waals surface area contributed by atoms with E-state index in [1.807, 2.05) is 0 Å². The molecule has 4 atom stereocenters. The van der Waals surface area contributed by atoms with Crippen molar-refractivity contribution in [1.29, 1.82) is 0 Å². The summed E-state index contributed by atoms with van der Waals surface area (Å²) in [5.74, 6) is -0.768. The van der Waals surface area contributed by atoms with Gasteiger partial charge in [0.05, 0.1) is 35.1 Å². The molecule has 5 aromatic rings. The van der Waals surface area contributed by atoms with E-state index < -0.39 is 28.5 Å². The number of aryl methyl sites for hydroxylation is 1. The molecule has 11 rings (SSSR count). The average molecular weight is 768 g/mol. The van der Waals surface area contributed by atoms with E-state index in [1.165, 1.54) is 24.3 Å². The summed E-state index contributed by atoms with van der Waals surface area (Å²) in [5.41, 5.74) is -1.23. The Hall–Kier alpha value is -4.71. The first-order valence-corrected chi connectivity index (χ1v) is 19.6. The van der Waals surface area contributed by atoms with Crippen LogP contribution in [0.1, 0.15) is 44.1 Å². The van der Waals surface area contributed by atoms with Crippen LogP contribution in [0.5, 0.6) is 11.8 Å². The van der Waals surface area contributed by atoms with Crippen molar-refractivity contribution in [1.82, 2.24) is 29.5 Å². The maximum Gasteiger partial charge on any atom is 0.319 e. The van der Waals surface area contributed by atoms with Gasteiger partial charge in [0, 0.05) is 80.2 Å². The lowest BCUT2D eigenvalue weighted by molar-refractivity contribution is -0.0538. The molecular formula is C42H41F4N7O3. The highest BCUT2D eigenvalue weighted by molar-refractivity contribution is 6.18. The van der Waals surface area contributed by atoms with Crippen molar-refractivity contribution in [2.75, 3.05) is 57.4 Å². The lowest BCUT2D eigenvalue weighted by atomic mass is 9.89. The number of nitrogens with zero attached hydrogens (tertiary/aromatic N) is 7.